The molecule has 9 heteroatoms. The Labute approximate surface area is 243 Å². The summed E-state index contributed by atoms with van der Waals surface area (Å²) in [6.07, 6.45) is 6.54. The molecule has 1 saturated carbocycles. The van der Waals surface area contributed by atoms with Crippen molar-refractivity contribution in [2.24, 2.45) is 5.10 Å². The van der Waals surface area contributed by atoms with Gasteiger partial charge in [-0.3, -0.25) is 14.4 Å². The molecule has 212 valence electrons. The number of esters is 1. The molecule has 3 N–H and O–H groups in total. The molecule has 1 aliphatic rings. The summed E-state index contributed by atoms with van der Waals surface area (Å²) in [7, 11) is 0. The number of benzene rings is 4. The molecule has 0 bridgehead atoms. The minimum absolute atomic E-state index is 0.109. The Bertz CT molecular complexity index is 1640. The number of nitrogens with one attached hydrogen (secondary N) is 3. The van der Waals surface area contributed by atoms with Crippen LogP contribution in [0.25, 0.3) is 10.8 Å². The van der Waals surface area contributed by atoms with Gasteiger partial charge in [0.05, 0.1) is 23.0 Å². The second-order valence-electron chi connectivity index (χ2n) is 9.99. The fourth-order valence-corrected chi connectivity index (χ4v) is 4.88. The number of hydrazone groups is 1. The highest BCUT2D eigenvalue weighted by atomic mass is 16.5. The fraction of sp³-hybridized carbons (Fsp3) is 0.182. The molecule has 3 amide bonds. The molecule has 5 rings (SSSR count). The van der Waals surface area contributed by atoms with E-state index in [4.69, 9.17) is 4.74 Å². The van der Waals surface area contributed by atoms with Crippen LogP contribution in [0, 0.1) is 0 Å². The number of rotatable bonds is 7. The first-order valence-corrected chi connectivity index (χ1v) is 13.8. The summed E-state index contributed by atoms with van der Waals surface area (Å²) in [5.41, 5.74) is 3.78. The predicted octanol–water partition coefficient (Wildman–Crippen LogP) is 5.21. The summed E-state index contributed by atoms with van der Waals surface area (Å²) in [5, 5.41) is 11.1. The van der Waals surface area contributed by atoms with Gasteiger partial charge in [0.25, 0.3) is 5.91 Å². The van der Waals surface area contributed by atoms with Crippen LogP contribution in [-0.4, -0.2) is 35.9 Å². The van der Waals surface area contributed by atoms with E-state index in [-0.39, 0.29) is 23.2 Å². The van der Waals surface area contributed by atoms with Crippen molar-refractivity contribution in [1.82, 2.24) is 10.7 Å². The zero-order valence-corrected chi connectivity index (χ0v) is 22.8. The molecule has 0 atom stereocenters. The summed E-state index contributed by atoms with van der Waals surface area (Å²) in [6, 6.07) is 26.2. The van der Waals surface area contributed by atoms with Crippen LogP contribution >= 0.6 is 0 Å². The second-order valence-corrected chi connectivity index (χ2v) is 9.99. The number of amides is 3. The average molecular weight is 563 g/mol. The highest BCUT2D eigenvalue weighted by Gasteiger charge is 2.21. The average Bonchev–Trinajstić information content (AvgIpc) is 3.02. The zero-order valence-electron chi connectivity index (χ0n) is 22.8. The molecule has 0 radical (unpaired) electrons. The topological polar surface area (TPSA) is 126 Å². The molecule has 0 spiro atoms. The van der Waals surface area contributed by atoms with Crippen LogP contribution in [0.1, 0.15) is 58.4 Å². The number of para-hydroxylation sites is 1. The third-order valence-corrected chi connectivity index (χ3v) is 7.05. The van der Waals surface area contributed by atoms with Crippen molar-refractivity contribution in [3.8, 4) is 5.75 Å². The zero-order chi connectivity index (χ0) is 29.3. The van der Waals surface area contributed by atoms with Crippen LogP contribution in [-0.2, 0) is 9.59 Å². The van der Waals surface area contributed by atoms with Crippen LogP contribution in [0.5, 0.6) is 5.75 Å². The lowest BCUT2D eigenvalue weighted by atomic mass is 9.95. The maximum absolute atomic E-state index is 12.8. The molecular formula is C33H30N4O5. The van der Waals surface area contributed by atoms with Crippen LogP contribution in [0.4, 0.5) is 5.69 Å². The van der Waals surface area contributed by atoms with Crippen LogP contribution in [0.2, 0.25) is 0 Å². The van der Waals surface area contributed by atoms with Gasteiger partial charge >= 0.3 is 17.8 Å². The van der Waals surface area contributed by atoms with Crippen molar-refractivity contribution in [3.05, 3.63) is 108 Å². The largest absolute Gasteiger partial charge is 0.423 e. The Kier molecular flexibility index (Phi) is 8.98. The minimum Gasteiger partial charge on any atom is -0.423 e. The number of hydrogen-bond donors (Lipinski definition) is 3. The summed E-state index contributed by atoms with van der Waals surface area (Å²) in [5.74, 6) is -2.36. The van der Waals surface area contributed by atoms with E-state index >= 15 is 0 Å². The first-order chi connectivity index (χ1) is 20.5. The minimum atomic E-state index is -0.991. The Morgan fingerprint density at radius 2 is 1.43 bits per heavy atom. The maximum atomic E-state index is 12.8. The van der Waals surface area contributed by atoms with Gasteiger partial charge in [0.2, 0.25) is 0 Å². The van der Waals surface area contributed by atoms with E-state index in [1.54, 1.807) is 60.7 Å². The van der Waals surface area contributed by atoms with Crippen LogP contribution in [0.15, 0.2) is 96.1 Å². The number of nitrogens with zero attached hydrogens (tertiary/aromatic N) is 1. The van der Waals surface area contributed by atoms with E-state index in [1.807, 2.05) is 30.3 Å². The number of anilines is 1. The summed E-state index contributed by atoms with van der Waals surface area (Å²) >= 11 is 0. The van der Waals surface area contributed by atoms with Gasteiger partial charge in [0.1, 0.15) is 5.75 Å². The smallest absolute Gasteiger partial charge is 0.344 e. The van der Waals surface area contributed by atoms with Crippen molar-refractivity contribution in [2.75, 3.05) is 5.32 Å². The highest BCUT2D eigenvalue weighted by molar-refractivity contribution is 6.40. The van der Waals surface area contributed by atoms with Gasteiger partial charge in [-0.25, -0.2) is 10.2 Å². The Morgan fingerprint density at radius 3 is 2.24 bits per heavy atom. The predicted molar refractivity (Wildman–Crippen MR) is 160 cm³/mol. The standard InChI is InChI=1S/C33H30N4O5/c38-30(35-24-11-2-1-3-12-24)28-14-6-7-16-29(28)36-31(39)32(40)37-34-21-22-17-19-25(20-18-22)42-33(41)27-15-8-10-23-9-4-5-13-26(23)27/h4-10,13-21,24H,1-3,11-12H2,(H,35,38)(H,36,39)(H,37,40). The Hall–Kier alpha value is -5.31. The Balaban J connectivity index is 1.14. The number of fused-ring (bicyclic) bond motifs is 1. The third kappa shape index (κ3) is 7.06. The molecule has 0 aromatic heterocycles. The molecule has 0 heterocycles. The molecule has 1 aliphatic carbocycles. The van der Waals surface area contributed by atoms with Crippen molar-refractivity contribution >= 4 is 46.4 Å². The molecule has 9 nitrogen and oxygen atoms in total. The number of carbonyl (C=O) groups excluding carboxylic acids is 4. The lowest BCUT2D eigenvalue weighted by Crippen LogP contribution is -2.37. The molecule has 0 saturated heterocycles. The molecule has 0 aliphatic heterocycles. The van der Waals surface area contributed by atoms with Crippen molar-refractivity contribution < 1.29 is 23.9 Å². The van der Waals surface area contributed by atoms with E-state index in [9.17, 15) is 19.2 Å². The van der Waals surface area contributed by atoms with Gasteiger partial charge in [0, 0.05) is 6.04 Å². The lowest BCUT2D eigenvalue weighted by Gasteiger charge is -2.23. The summed E-state index contributed by atoms with van der Waals surface area (Å²) in [6.45, 7) is 0. The molecule has 4 aromatic rings. The molecule has 4 aromatic carbocycles. The van der Waals surface area contributed by atoms with Crippen LogP contribution < -0.4 is 20.8 Å². The normalized spacial score (nSPS) is 13.4. The van der Waals surface area contributed by atoms with Crippen molar-refractivity contribution in [1.29, 1.82) is 0 Å². The fourth-order valence-electron chi connectivity index (χ4n) is 4.88. The van der Waals surface area contributed by atoms with Gasteiger partial charge in [-0.15, -0.1) is 0 Å². The first-order valence-electron chi connectivity index (χ1n) is 13.8. The van der Waals surface area contributed by atoms with Crippen molar-refractivity contribution in [3.63, 3.8) is 0 Å². The van der Waals surface area contributed by atoms with E-state index in [1.165, 1.54) is 12.6 Å². The van der Waals surface area contributed by atoms with Crippen molar-refractivity contribution in [2.45, 2.75) is 38.1 Å². The van der Waals surface area contributed by atoms with Gasteiger partial charge in [-0.2, -0.15) is 5.10 Å². The quantitative estimate of drug-likeness (QED) is 0.0937. The molecule has 0 unspecified atom stereocenters. The number of ether oxygens (including phenoxy) is 1. The highest BCUT2D eigenvalue weighted by Crippen LogP contribution is 2.22. The maximum Gasteiger partial charge on any atom is 0.344 e. The molecule has 1 fully saturated rings. The van der Waals surface area contributed by atoms with Gasteiger partial charge in [-0.1, -0.05) is 67.8 Å². The van der Waals surface area contributed by atoms with E-state index in [2.05, 4.69) is 21.2 Å². The molecular weight excluding hydrogens is 532 g/mol. The SMILES string of the molecule is O=C(NN=Cc1ccc(OC(=O)c2cccc3ccccc23)cc1)C(=O)Nc1ccccc1C(=O)NC1CCCCC1. The lowest BCUT2D eigenvalue weighted by molar-refractivity contribution is -0.136. The van der Waals surface area contributed by atoms with Gasteiger partial charge in [0.15, 0.2) is 0 Å². The van der Waals surface area contributed by atoms with Crippen LogP contribution in [0.3, 0.4) is 0 Å². The summed E-state index contributed by atoms with van der Waals surface area (Å²) < 4.78 is 5.53. The van der Waals surface area contributed by atoms with E-state index in [0.717, 1.165) is 36.5 Å². The number of carbonyl (C=O) groups is 4. The van der Waals surface area contributed by atoms with E-state index in [0.29, 0.717) is 16.9 Å². The van der Waals surface area contributed by atoms with Gasteiger partial charge < -0.3 is 15.4 Å². The summed E-state index contributed by atoms with van der Waals surface area (Å²) in [4.78, 5) is 50.4. The second kappa shape index (κ2) is 13.4. The first kappa shape index (κ1) is 28.2. The van der Waals surface area contributed by atoms with Gasteiger partial charge in [-0.05, 0) is 71.6 Å². The third-order valence-electron chi connectivity index (χ3n) is 7.05. The van der Waals surface area contributed by atoms with E-state index < -0.39 is 17.8 Å². The number of hydrogen-bond acceptors (Lipinski definition) is 6. The monoisotopic (exact) mass is 562 g/mol. The molecule has 42 heavy (non-hydrogen) atoms. The Morgan fingerprint density at radius 1 is 0.738 bits per heavy atom.